The SMILES string of the molecule is COc1ccc(C(=O)N2CC3CN(c4nc5ccc(Cl)cc5s4)CC3C2)c(OC)c1. The summed E-state index contributed by atoms with van der Waals surface area (Å²) in [5.41, 5.74) is 1.57. The molecule has 2 fully saturated rings. The zero-order chi connectivity index (χ0) is 20.8. The lowest BCUT2D eigenvalue weighted by Crippen LogP contribution is -2.33. The number of fused-ring (bicyclic) bond motifs is 2. The molecule has 2 aliphatic heterocycles. The number of carbonyl (C=O) groups is 1. The first kappa shape index (κ1) is 19.5. The smallest absolute Gasteiger partial charge is 0.257 e. The van der Waals surface area contributed by atoms with Gasteiger partial charge >= 0.3 is 0 Å². The Kier molecular flexibility index (Phi) is 4.95. The zero-order valence-electron chi connectivity index (χ0n) is 16.8. The van der Waals surface area contributed by atoms with Gasteiger partial charge < -0.3 is 19.3 Å². The molecule has 3 aromatic rings. The minimum Gasteiger partial charge on any atom is -0.497 e. The van der Waals surface area contributed by atoms with E-state index in [2.05, 4.69) is 4.90 Å². The molecule has 0 bridgehead atoms. The summed E-state index contributed by atoms with van der Waals surface area (Å²) in [6, 6.07) is 11.2. The Bertz CT molecular complexity index is 1100. The van der Waals surface area contributed by atoms with Gasteiger partial charge in [-0.3, -0.25) is 4.79 Å². The first-order valence-electron chi connectivity index (χ1n) is 9.88. The largest absolute Gasteiger partial charge is 0.497 e. The quantitative estimate of drug-likeness (QED) is 0.605. The summed E-state index contributed by atoms with van der Waals surface area (Å²) >= 11 is 7.79. The summed E-state index contributed by atoms with van der Waals surface area (Å²) in [6.07, 6.45) is 0. The number of benzene rings is 2. The lowest BCUT2D eigenvalue weighted by Gasteiger charge is -2.22. The average molecular weight is 444 g/mol. The van der Waals surface area contributed by atoms with Crippen molar-refractivity contribution in [2.45, 2.75) is 0 Å². The number of nitrogens with zero attached hydrogens (tertiary/aromatic N) is 3. The molecule has 5 rings (SSSR count). The third kappa shape index (κ3) is 3.36. The molecule has 1 aromatic heterocycles. The Morgan fingerprint density at radius 2 is 1.83 bits per heavy atom. The fourth-order valence-corrected chi connectivity index (χ4v) is 5.74. The van der Waals surface area contributed by atoms with E-state index in [0.717, 1.165) is 46.5 Å². The van der Waals surface area contributed by atoms with E-state index in [-0.39, 0.29) is 5.91 Å². The maximum Gasteiger partial charge on any atom is 0.257 e. The molecule has 0 radical (unpaired) electrons. The van der Waals surface area contributed by atoms with E-state index in [1.165, 1.54) is 0 Å². The summed E-state index contributed by atoms with van der Waals surface area (Å²) in [7, 11) is 3.18. The highest BCUT2D eigenvalue weighted by Gasteiger charge is 2.42. The van der Waals surface area contributed by atoms with Crippen LogP contribution in [0.4, 0.5) is 5.13 Å². The van der Waals surface area contributed by atoms with Gasteiger partial charge in [-0.2, -0.15) is 0 Å². The van der Waals surface area contributed by atoms with E-state index in [0.29, 0.717) is 28.9 Å². The minimum absolute atomic E-state index is 0.0186. The zero-order valence-corrected chi connectivity index (χ0v) is 18.4. The number of hydrogen-bond acceptors (Lipinski definition) is 6. The number of aromatic nitrogens is 1. The molecular weight excluding hydrogens is 422 g/mol. The van der Waals surface area contributed by atoms with E-state index >= 15 is 0 Å². The van der Waals surface area contributed by atoms with Gasteiger partial charge in [0.25, 0.3) is 5.91 Å². The summed E-state index contributed by atoms with van der Waals surface area (Å²) in [5, 5.41) is 1.77. The number of likely N-dealkylation sites (tertiary alicyclic amines) is 1. The summed E-state index contributed by atoms with van der Waals surface area (Å²) in [4.78, 5) is 22.2. The first-order valence-corrected chi connectivity index (χ1v) is 11.1. The standard InChI is InChI=1S/C22H22ClN3O3S/c1-28-16-4-5-17(19(8-16)29-2)21(27)25-9-13-11-26(12-14(13)10-25)22-24-18-6-3-15(23)7-20(18)30-22/h3-8,13-14H,9-12H2,1-2H3. The van der Waals surface area contributed by atoms with Crippen LogP contribution in [0.25, 0.3) is 10.2 Å². The third-order valence-corrected chi connectivity index (χ3v) is 7.34. The van der Waals surface area contributed by atoms with E-state index in [1.54, 1.807) is 43.8 Å². The van der Waals surface area contributed by atoms with E-state index in [9.17, 15) is 4.79 Å². The van der Waals surface area contributed by atoms with Crippen molar-refractivity contribution >= 4 is 44.2 Å². The molecule has 6 nitrogen and oxygen atoms in total. The van der Waals surface area contributed by atoms with E-state index < -0.39 is 0 Å². The molecule has 156 valence electrons. The molecule has 1 amide bonds. The van der Waals surface area contributed by atoms with Crippen LogP contribution in [0.1, 0.15) is 10.4 Å². The van der Waals surface area contributed by atoms with Gasteiger partial charge in [-0.15, -0.1) is 0 Å². The van der Waals surface area contributed by atoms with Gasteiger partial charge in [0, 0.05) is 49.1 Å². The number of methoxy groups -OCH3 is 2. The van der Waals surface area contributed by atoms with Crippen LogP contribution in [0, 0.1) is 11.8 Å². The van der Waals surface area contributed by atoms with Gasteiger partial charge in [0.15, 0.2) is 5.13 Å². The Hall–Kier alpha value is -2.51. The van der Waals surface area contributed by atoms with Crippen LogP contribution in [0.5, 0.6) is 11.5 Å². The van der Waals surface area contributed by atoms with Gasteiger partial charge in [-0.05, 0) is 30.3 Å². The maximum absolute atomic E-state index is 13.1. The molecule has 2 saturated heterocycles. The Balaban J connectivity index is 1.29. The van der Waals surface area contributed by atoms with Crippen molar-refractivity contribution in [1.82, 2.24) is 9.88 Å². The van der Waals surface area contributed by atoms with Crippen molar-refractivity contribution in [1.29, 1.82) is 0 Å². The number of halogens is 1. The second kappa shape index (κ2) is 7.63. The van der Waals surface area contributed by atoms with Crippen molar-refractivity contribution in [3.05, 3.63) is 47.0 Å². The number of carbonyl (C=O) groups excluding carboxylic acids is 1. The van der Waals surface area contributed by atoms with Gasteiger partial charge in [0.1, 0.15) is 11.5 Å². The Labute approximate surface area is 184 Å². The number of anilines is 1. The Morgan fingerprint density at radius 3 is 2.53 bits per heavy atom. The first-order chi connectivity index (χ1) is 14.6. The van der Waals surface area contributed by atoms with Gasteiger partial charge in [0.2, 0.25) is 0 Å². The van der Waals surface area contributed by atoms with Gasteiger partial charge in [-0.1, -0.05) is 22.9 Å². The molecule has 0 aliphatic carbocycles. The van der Waals surface area contributed by atoms with Crippen LogP contribution >= 0.6 is 22.9 Å². The molecule has 0 saturated carbocycles. The van der Waals surface area contributed by atoms with Crippen molar-refractivity contribution in [2.24, 2.45) is 11.8 Å². The maximum atomic E-state index is 13.1. The van der Waals surface area contributed by atoms with Crippen LogP contribution in [0.3, 0.4) is 0 Å². The minimum atomic E-state index is 0.0186. The topological polar surface area (TPSA) is 54.9 Å². The van der Waals surface area contributed by atoms with Crippen molar-refractivity contribution in [2.75, 3.05) is 45.3 Å². The number of rotatable bonds is 4. The number of ether oxygens (including phenoxy) is 2. The molecule has 0 N–H and O–H groups in total. The number of hydrogen-bond donors (Lipinski definition) is 0. The van der Waals surface area contributed by atoms with Gasteiger partial charge in [0.05, 0.1) is 30.0 Å². The fourth-order valence-electron chi connectivity index (χ4n) is 4.48. The molecule has 2 unspecified atom stereocenters. The summed E-state index contributed by atoms with van der Waals surface area (Å²) in [5.74, 6) is 2.15. The van der Waals surface area contributed by atoms with Crippen LogP contribution in [0.15, 0.2) is 36.4 Å². The number of thiazole rings is 1. The molecular formula is C22H22ClN3O3S. The Morgan fingerprint density at radius 1 is 1.07 bits per heavy atom. The monoisotopic (exact) mass is 443 g/mol. The van der Waals surface area contributed by atoms with Crippen LogP contribution < -0.4 is 14.4 Å². The predicted octanol–water partition coefficient (Wildman–Crippen LogP) is 4.18. The van der Waals surface area contributed by atoms with E-state index in [1.807, 2.05) is 23.1 Å². The summed E-state index contributed by atoms with van der Waals surface area (Å²) in [6.45, 7) is 3.35. The molecule has 8 heteroatoms. The lowest BCUT2D eigenvalue weighted by atomic mass is 10.0. The molecule has 0 spiro atoms. The predicted molar refractivity (Wildman–Crippen MR) is 119 cm³/mol. The number of amides is 1. The fraction of sp³-hybridized carbons (Fsp3) is 0.364. The van der Waals surface area contributed by atoms with E-state index in [4.69, 9.17) is 26.1 Å². The highest BCUT2D eigenvalue weighted by atomic mass is 35.5. The molecule has 2 atom stereocenters. The van der Waals surface area contributed by atoms with Crippen molar-refractivity contribution < 1.29 is 14.3 Å². The normalized spacial score (nSPS) is 20.6. The molecule has 2 aliphatic rings. The lowest BCUT2D eigenvalue weighted by molar-refractivity contribution is 0.0779. The average Bonchev–Trinajstić information content (AvgIpc) is 3.44. The second-order valence-electron chi connectivity index (χ2n) is 7.81. The highest BCUT2D eigenvalue weighted by molar-refractivity contribution is 7.22. The summed E-state index contributed by atoms with van der Waals surface area (Å²) < 4.78 is 11.8. The van der Waals surface area contributed by atoms with Crippen molar-refractivity contribution in [3.63, 3.8) is 0 Å². The van der Waals surface area contributed by atoms with Crippen LogP contribution in [-0.4, -0.2) is 56.2 Å². The molecule has 3 heterocycles. The van der Waals surface area contributed by atoms with Crippen molar-refractivity contribution in [3.8, 4) is 11.5 Å². The van der Waals surface area contributed by atoms with Crippen LogP contribution in [0.2, 0.25) is 5.02 Å². The van der Waals surface area contributed by atoms with Gasteiger partial charge in [-0.25, -0.2) is 4.98 Å². The molecule has 30 heavy (non-hydrogen) atoms. The second-order valence-corrected chi connectivity index (χ2v) is 9.26. The highest BCUT2D eigenvalue weighted by Crippen LogP contribution is 2.38. The third-order valence-electron chi connectivity index (χ3n) is 6.02. The molecule has 2 aromatic carbocycles. The van der Waals surface area contributed by atoms with Crippen LogP contribution in [-0.2, 0) is 0 Å².